The van der Waals surface area contributed by atoms with Crippen LogP contribution in [0.1, 0.15) is 4.88 Å². The molecular weight excluding hydrogens is 360 g/mol. The molecule has 1 amide bonds. The molecule has 3 nitrogen and oxygen atoms in total. The fraction of sp³-hybridized carbons (Fsp3) is 0.0476. The zero-order valence-corrected chi connectivity index (χ0v) is 15.8. The summed E-state index contributed by atoms with van der Waals surface area (Å²) in [5.41, 5.74) is 2.04. The van der Waals surface area contributed by atoms with Crippen LogP contribution in [0.2, 0.25) is 0 Å². The van der Waals surface area contributed by atoms with E-state index in [1.54, 1.807) is 23.3 Å². The summed E-state index contributed by atoms with van der Waals surface area (Å²) in [4.78, 5) is 21.7. The minimum Gasteiger partial charge on any atom is -0.290 e. The number of benzene rings is 2. The van der Waals surface area contributed by atoms with Gasteiger partial charge in [-0.2, -0.15) is 0 Å². The number of rotatable bonds is 3. The quantitative estimate of drug-likeness (QED) is 0.553. The van der Waals surface area contributed by atoms with E-state index in [0.717, 1.165) is 10.6 Å². The minimum atomic E-state index is -0.0145. The maximum Gasteiger partial charge on any atom is 0.266 e. The van der Waals surface area contributed by atoms with Crippen molar-refractivity contribution in [3.63, 3.8) is 0 Å². The third-order valence-electron chi connectivity index (χ3n) is 3.94. The van der Waals surface area contributed by atoms with Gasteiger partial charge in [0.2, 0.25) is 0 Å². The Bertz CT molecular complexity index is 991. The van der Waals surface area contributed by atoms with Crippen LogP contribution in [0.5, 0.6) is 0 Å². The van der Waals surface area contributed by atoms with E-state index >= 15 is 0 Å². The van der Waals surface area contributed by atoms with Gasteiger partial charge in [0.15, 0.2) is 5.17 Å². The highest BCUT2D eigenvalue weighted by Gasteiger charge is 2.30. The Morgan fingerprint density at radius 1 is 0.923 bits per heavy atom. The van der Waals surface area contributed by atoms with Crippen molar-refractivity contribution in [1.29, 1.82) is 0 Å². The molecule has 0 N–H and O–H groups in total. The van der Waals surface area contributed by atoms with Crippen molar-refractivity contribution >= 4 is 45.9 Å². The van der Waals surface area contributed by atoms with Crippen LogP contribution in [0.4, 0.5) is 5.69 Å². The molecule has 128 valence electrons. The van der Waals surface area contributed by atoms with Crippen LogP contribution in [0.3, 0.4) is 0 Å². The van der Waals surface area contributed by atoms with Crippen molar-refractivity contribution in [1.82, 2.24) is 4.90 Å². The number of nitrogens with zero attached hydrogens (tertiary/aromatic N) is 2. The summed E-state index contributed by atoms with van der Waals surface area (Å²) in [6.45, 7) is 0. The molecule has 4 rings (SSSR count). The van der Waals surface area contributed by atoms with Crippen molar-refractivity contribution in [2.45, 2.75) is 0 Å². The summed E-state index contributed by atoms with van der Waals surface area (Å²) in [6, 6.07) is 24.1. The van der Waals surface area contributed by atoms with Crippen molar-refractivity contribution < 1.29 is 4.79 Å². The van der Waals surface area contributed by atoms with Gasteiger partial charge in [0.05, 0.1) is 10.6 Å². The molecule has 0 spiro atoms. The predicted octanol–water partition coefficient (Wildman–Crippen LogP) is 5.65. The molecule has 1 fully saturated rings. The van der Waals surface area contributed by atoms with Gasteiger partial charge in [-0.05, 0) is 47.7 Å². The van der Waals surface area contributed by atoms with Gasteiger partial charge < -0.3 is 0 Å². The Morgan fingerprint density at radius 3 is 2.35 bits per heavy atom. The topological polar surface area (TPSA) is 32.7 Å². The number of likely N-dealkylation sites (N-methyl/N-ethyl adjacent to an activating group) is 1. The normalized spacial score (nSPS) is 17.4. The average molecular weight is 377 g/mol. The summed E-state index contributed by atoms with van der Waals surface area (Å²) in [7, 11) is 1.77. The molecule has 0 unspecified atom stereocenters. The summed E-state index contributed by atoms with van der Waals surface area (Å²) < 4.78 is 0. The van der Waals surface area contributed by atoms with Gasteiger partial charge in [-0.1, -0.05) is 48.5 Å². The average Bonchev–Trinajstić information content (AvgIpc) is 3.25. The molecule has 2 aromatic carbocycles. The molecule has 1 aliphatic heterocycles. The second kappa shape index (κ2) is 7.32. The molecule has 0 atom stereocenters. The lowest BCUT2D eigenvalue weighted by atomic mass is 10.2. The molecule has 5 heteroatoms. The van der Waals surface area contributed by atoms with Gasteiger partial charge in [-0.15, -0.1) is 11.3 Å². The van der Waals surface area contributed by atoms with Gasteiger partial charge in [-0.25, -0.2) is 4.99 Å². The third-order valence-corrected chi connectivity index (χ3v) is 6.08. The Hall–Kier alpha value is -2.63. The van der Waals surface area contributed by atoms with Crippen molar-refractivity contribution in [3.8, 4) is 10.4 Å². The molecule has 1 saturated heterocycles. The summed E-state index contributed by atoms with van der Waals surface area (Å²) in [5.74, 6) is -0.0145. The van der Waals surface area contributed by atoms with E-state index in [1.807, 2.05) is 54.6 Å². The van der Waals surface area contributed by atoms with Crippen LogP contribution in [-0.2, 0) is 4.79 Å². The van der Waals surface area contributed by atoms with E-state index in [1.165, 1.54) is 22.2 Å². The Morgan fingerprint density at radius 2 is 1.62 bits per heavy atom. The van der Waals surface area contributed by atoms with Crippen LogP contribution < -0.4 is 0 Å². The van der Waals surface area contributed by atoms with E-state index in [9.17, 15) is 4.79 Å². The fourth-order valence-electron chi connectivity index (χ4n) is 2.58. The summed E-state index contributed by atoms with van der Waals surface area (Å²) in [5, 5.41) is 0.701. The molecule has 0 radical (unpaired) electrons. The smallest absolute Gasteiger partial charge is 0.266 e. The molecular formula is C21H16N2OS2. The predicted molar refractivity (Wildman–Crippen MR) is 112 cm³/mol. The van der Waals surface area contributed by atoms with Crippen LogP contribution in [0, 0.1) is 0 Å². The Balaban J connectivity index is 1.59. The van der Waals surface area contributed by atoms with Gasteiger partial charge in [0.25, 0.3) is 5.91 Å². The van der Waals surface area contributed by atoms with E-state index in [4.69, 9.17) is 0 Å². The number of carbonyl (C=O) groups is 1. The molecule has 0 bridgehead atoms. The summed E-state index contributed by atoms with van der Waals surface area (Å²) >= 11 is 3.10. The second-order valence-electron chi connectivity index (χ2n) is 5.77. The molecule has 0 aliphatic carbocycles. The van der Waals surface area contributed by atoms with Gasteiger partial charge >= 0.3 is 0 Å². The SMILES string of the molecule is CN1C(=O)C(=Cc2ccc(-c3ccccc3)s2)SC1=Nc1ccccc1. The first-order valence-electron chi connectivity index (χ1n) is 8.17. The number of amides is 1. The lowest BCUT2D eigenvalue weighted by molar-refractivity contribution is -0.121. The highest BCUT2D eigenvalue weighted by Crippen LogP contribution is 2.35. The number of hydrogen-bond donors (Lipinski definition) is 0. The van der Waals surface area contributed by atoms with Crippen LogP contribution in [0.15, 0.2) is 82.7 Å². The zero-order valence-electron chi connectivity index (χ0n) is 14.1. The second-order valence-corrected chi connectivity index (χ2v) is 7.90. The highest BCUT2D eigenvalue weighted by atomic mass is 32.2. The minimum absolute atomic E-state index is 0.0145. The molecule has 0 saturated carbocycles. The molecule has 1 aromatic heterocycles. The van der Waals surface area contributed by atoms with Crippen LogP contribution in [0.25, 0.3) is 16.5 Å². The lowest BCUT2D eigenvalue weighted by Crippen LogP contribution is -2.23. The number of amidine groups is 1. The Labute approximate surface area is 160 Å². The molecule has 26 heavy (non-hydrogen) atoms. The van der Waals surface area contributed by atoms with Crippen molar-refractivity contribution in [3.05, 3.63) is 82.6 Å². The highest BCUT2D eigenvalue weighted by molar-refractivity contribution is 8.18. The van der Waals surface area contributed by atoms with Crippen LogP contribution >= 0.6 is 23.1 Å². The van der Waals surface area contributed by atoms with E-state index in [-0.39, 0.29) is 5.91 Å². The maximum atomic E-state index is 12.5. The fourth-order valence-corrected chi connectivity index (χ4v) is 4.59. The van der Waals surface area contributed by atoms with Crippen LogP contribution in [-0.4, -0.2) is 23.0 Å². The number of carbonyl (C=O) groups excluding carboxylic acids is 1. The lowest BCUT2D eigenvalue weighted by Gasteiger charge is -2.06. The van der Waals surface area contributed by atoms with E-state index < -0.39 is 0 Å². The van der Waals surface area contributed by atoms with Gasteiger partial charge in [0.1, 0.15) is 0 Å². The number of aliphatic imine (C=N–C) groups is 1. The molecule has 2 heterocycles. The first-order chi connectivity index (χ1) is 12.7. The monoisotopic (exact) mass is 376 g/mol. The first-order valence-corrected chi connectivity index (χ1v) is 9.80. The Kier molecular flexibility index (Phi) is 4.73. The van der Waals surface area contributed by atoms with Gasteiger partial charge in [0, 0.05) is 16.8 Å². The third kappa shape index (κ3) is 3.49. The number of thioether (sulfide) groups is 1. The number of thiophene rings is 1. The van der Waals surface area contributed by atoms with E-state index in [0.29, 0.717) is 10.1 Å². The summed E-state index contributed by atoms with van der Waals surface area (Å²) in [6.07, 6.45) is 1.95. The maximum absolute atomic E-state index is 12.5. The molecule has 1 aliphatic rings. The first kappa shape index (κ1) is 16.8. The number of hydrogen-bond acceptors (Lipinski definition) is 4. The zero-order chi connectivity index (χ0) is 17.9. The number of para-hydroxylation sites is 1. The molecule has 3 aromatic rings. The van der Waals surface area contributed by atoms with Gasteiger partial charge in [-0.3, -0.25) is 9.69 Å². The van der Waals surface area contributed by atoms with Crippen molar-refractivity contribution in [2.24, 2.45) is 4.99 Å². The largest absolute Gasteiger partial charge is 0.290 e. The van der Waals surface area contributed by atoms with Crippen molar-refractivity contribution in [2.75, 3.05) is 7.05 Å². The standard InChI is InChI=1S/C21H16N2OS2/c1-23-20(24)19(26-21(23)22-16-10-6-3-7-11-16)14-17-12-13-18(25-17)15-8-4-2-5-9-15/h2-14H,1H3. The van der Waals surface area contributed by atoms with E-state index in [2.05, 4.69) is 29.3 Å².